The van der Waals surface area contributed by atoms with Crippen LogP contribution in [-0.4, -0.2) is 7.05 Å². The number of nitrogens with two attached hydrogens (primary N) is 1. The highest BCUT2D eigenvalue weighted by Crippen LogP contribution is 2.08. The van der Waals surface area contributed by atoms with Gasteiger partial charge in [-0.25, -0.2) is 0 Å². The zero-order valence-corrected chi connectivity index (χ0v) is 12.3. The molecule has 1 rings (SSSR count). The topological polar surface area (TPSA) is 26.0 Å². The second-order valence-electron chi connectivity index (χ2n) is 2.68. The monoisotopic (exact) mass is 225 g/mol. The molecule has 0 saturated carbocycles. The maximum atomic E-state index is 4.50. The molecular formula is C15H31N. The van der Waals surface area contributed by atoms with Crippen LogP contribution in [-0.2, 0) is 6.42 Å². The molecule has 1 nitrogen and oxygen atoms in total. The van der Waals surface area contributed by atoms with E-state index in [1.54, 1.807) is 0 Å². The average Bonchev–Trinajstić information content (AvgIpc) is 2.40. The van der Waals surface area contributed by atoms with Gasteiger partial charge in [-0.05, 0) is 31.5 Å². The van der Waals surface area contributed by atoms with Crippen LogP contribution >= 0.6 is 0 Å². The molecule has 0 amide bonds. The summed E-state index contributed by atoms with van der Waals surface area (Å²) < 4.78 is 0. The molecule has 1 aromatic carbocycles. The van der Waals surface area contributed by atoms with E-state index in [1.165, 1.54) is 31.0 Å². The fraction of sp³-hybridized carbons (Fsp3) is 0.600. The minimum atomic E-state index is 1.21. The Hall–Kier alpha value is -0.820. The first-order valence-corrected chi connectivity index (χ1v) is 6.47. The molecule has 0 aliphatic rings. The van der Waals surface area contributed by atoms with Gasteiger partial charge in [0.15, 0.2) is 0 Å². The lowest BCUT2D eigenvalue weighted by molar-refractivity contribution is 0.913. The van der Waals surface area contributed by atoms with Gasteiger partial charge in [-0.3, -0.25) is 0 Å². The van der Waals surface area contributed by atoms with E-state index >= 15 is 0 Å². The van der Waals surface area contributed by atoms with Crippen LogP contribution in [0, 0.1) is 6.92 Å². The van der Waals surface area contributed by atoms with Crippen molar-refractivity contribution in [1.29, 1.82) is 0 Å². The van der Waals surface area contributed by atoms with E-state index < -0.39 is 0 Å². The summed E-state index contributed by atoms with van der Waals surface area (Å²) in [6, 6.07) is 8.58. The van der Waals surface area contributed by atoms with E-state index in [9.17, 15) is 0 Å². The lowest BCUT2D eigenvalue weighted by Crippen LogP contribution is -1.85. The van der Waals surface area contributed by atoms with Crippen LogP contribution in [0.15, 0.2) is 24.3 Å². The second-order valence-corrected chi connectivity index (χ2v) is 2.68. The fourth-order valence-corrected chi connectivity index (χ4v) is 1.16. The molecular weight excluding hydrogens is 194 g/mol. The molecule has 0 aromatic heterocycles. The largest absolute Gasteiger partial charge is 0.333 e. The van der Waals surface area contributed by atoms with Crippen molar-refractivity contribution in [3.05, 3.63) is 35.4 Å². The molecule has 0 spiro atoms. The maximum Gasteiger partial charge on any atom is -0.0195 e. The van der Waals surface area contributed by atoms with E-state index in [0.717, 1.165) is 0 Å². The number of aryl methyl sites for hydroxylation is 2. The Kier molecular flexibility index (Phi) is 25.3. The maximum absolute atomic E-state index is 4.50. The highest BCUT2D eigenvalue weighted by molar-refractivity contribution is 5.25. The Morgan fingerprint density at radius 2 is 1.38 bits per heavy atom. The first kappa shape index (κ1) is 20.6. The lowest BCUT2D eigenvalue weighted by atomic mass is 10.1. The fourth-order valence-electron chi connectivity index (χ4n) is 1.16. The van der Waals surface area contributed by atoms with Gasteiger partial charge in [0.2, 0.25) is 0 Å². The van der Waals surface area contributed by atoms with Crippen molar-refractivity contribution in [2.75, 3.05) is 7.05 Å². The van der Waals surface area contributed by atoms with Gasteiger partial charge < -0.3 is 5.73 Å². The van der Waals surface area contributed by atoms with Crippen LogP contribution in [0.1, 0.15) is 52.2 Å². The van der Waals surface area contributed by atoms with Gasteiger partial charge in [0.1, 0.15) is 0 Å². The van der Waals surface area contributed by atoms with E-state index in [-0.39, 0.29) is 0 Å². The standard InChI is InChI=1S/C10H14.2C2H6.CH5N/c1-3-6-10-8-5-4-7-9(10)2;3*1-2/h4-5,7-8H,3,6H2,1-2H3;2*1-2H3;2H2,1H3. The summed E-state index contributed by atoms with van der Waals surface area (Å²) in [4.78, 5) is 0. The third-order valence-electron chi connectivity index (χ3n) is 1.78. The smallest absolute Gasteiger partial charge is 0.0195 e. The van der Waals surface area contributed by atoms with Gasteiger partial charge in [-0.2, -0.15) is 0 Å². The van der Waals surface area contributed by atoms with Crippen molar-refractivity contribution >= 4 is 0 Å². The van der Waals surface area contributed by atoms with E-state index in [1.807, 2.05) is 27.7 Å². The van der Waals surface area contributed by atoms with E-state index in [0.29, 0.717) is 0 Å². The number of hydrogen-bond donors (Lipinski definition) is 1. The Bertz CT molecular complexity index is 206. The molecule has 0 unspecified atom stereocenters. The summed E-state index contributed by atoms with van der Waals surface area (Å²) in [5.41, 5.74) is 7.41. The van der Waals surface area contributed by atoms with Gasteiger partial charge in [-0.1, -0.05) is 65.3 Å². The minimum absolute atomic E-state index is 1.21. The van der Waals surface area contributed by atoms with Crippen LogP contribution in [0.4, 0.5) is 0 Å². The molecule has 0 heterocycles. The third kappa shape index (κ3) is 11.3. The van der Waals surface area contributed by atoms with Crippen LogP contribution in [0.2, 0.25) is 0 Å². The Morgan fingerprint density at radius 1 is 0.938 bits per heavy atom. The molecule has 0 radical (unpaired) electrons. The molecule has 96 valence electrons. The van der Waals surface area contributed by atoms with Gasteiger partial charge in [0, 0.05) is 0 Å². The molecule has 16 heavy (non-hydrogen) atoms. The molecule has 0 bridgehead atoms. The average molecular weight is 225 g/mol. The van der Waals surface area contributed by atoms with Gasteiger partial charge in [0.05, 0.1) is 0 Å². The molecule has 0 saturated heterocycles. The Balaban J connectivity index is -0.000000245. The molecule has 1 heteroatoms. The Morgan fingerprint density at radius 3 is 1.75 bits per heavy atom. The highest BCUT2D eigenvalue weighted by Gasteiger charge is 1.92. The van der Waals surface area contributed by atoms with Crippen LogP contribution in [0.25, 0.3) is 0 Å². The van der Waals surface area contributed by atoms with Crippen molar-refractivity contribution in [3.8, 4) is 0 Å². The van der Waals surface area contributed by atoms with E-state index in [4.69, 9.17) is 0 Å². The van der Waals surface area contributed by atoms with E-state index in [2.05, 4.69) is 43.8 Å². The molecule has 0 atom stereocenters. The van der Waals surface area contributed by atoms with Crippen molar-refractivity contribution in [1.82, 2.24) is 0 Å². The molecule has 0 aliphatic carbocycles. The zero-order valence-electron chi connectivity index (χ0n) is 12.3. The molecule has 0 aliphatic heterocycles. The lowest BCUT2D eigenvalue weighted by Gasteiger charge is -2.01. The summed E-state index contributed by atoms with van der Waals surface area (Å²) in [5, 5.41) is 0. The first-order chi connectivity index (χ1) is 7.84. The Labute approximate surface area is 103 Å². The number of hydrogen-bond acceptors (Lipinski definition) is 1. The molecule has 2 N–H and O–H groups in total. The summed E-state index contributed by atoms with van der Waals surface area (Å²) in [5.74, 6) is 0. The van der Waals surface area contributed by atoms with Crippen LogP contribution in [0.3, 0.4) is 0 Å². The van der Waals surface area contributed by atoms with Gasteiger partial charge in [0.25, 0.3) is 0 Å². The minimum Gasteiger partial charge on any atom is -0.333 e. The quantitative estimate of drug-likeness (QED) is 0.783. The van der Waals surface area contributed by atoms with Crippen molar-refractivity contribution in [2.24, 2.45) is 5.73 Å². The summed E-state index contributed by atoms with van der Waals surface area (Å²) in [7, 11) is 1.50. The van der Waals surface area contributed by atoms with Gasteiger partial charge >= 0.3 is 0 Å². The third-order valence-corrected chi connectivity index (χ3v) is 1.78. The summed E-state index contributed by atoms with van der Waals surface area (Å²) in [6.07, 6.45) is 2.46. The number of benzene rings is 1. The zero-order chi connectivity index (χ0) is 13.4. The van der Waals surface area contributed by atoms with Crippen molar-refractivity contribution in [3.63, 3.8) is 0 Å². The molecule has 0 fully saturated rings. The van der Waals surface area contributed by atoms with Gasteiger partial charge in [-0.15, -0.1) is 0 Å². The first-order valence-electron chi connectivity index (χ1n) is 6.47. The highest BCUT2D eigenvalue weighted by atomic mass is 14.4. The van der Waals surface area contributed by atoms with Crippen LogP contribution in [0.5, 0.6) is 0 Å². The predicted molar refractivity (Wildman–Crippen MR) is 78.0 cm³/mol. The normalized spacial score (nSPS) is 7.25. The van der Waals surface area contributed by atoms with Crippen molar-refractivity contribution in [2.45, 2.75) is 54.4 Å². The number of rotatable bonds is 2. The van der Waals surface area contributed by atoms with Crippen LogP contribution < -0.4 is 5.73 Å². The second kappa shape index (κ2) is 19.7. The predicted octanol–water partition coefficient (Wildman–Crippen LogP) is 4.57. The SMILES string of the molecule is CC.CC.CCCc1ccccc1C.CN. The molecule has 1 aromatic rings. The van der Waals surface area contributed by atoms with Crippen molar-refractivity contribution < 1.29 is 0 Å². The summed E-state index contributed by atoms with van der Waals surface area (Å²) >= 11 is 0. The summed E-state index contributed by atoms with van der Waals surface area (Å²) in [6.45, 7) is 12.4.